The molecule has 8 heteroatoms. The lowest BCUT2D eigenvalue weighted by molar-refractivity contribution is 0.102. The van der Waals surface area contributed by atoms with Crippen molar-refractivity contribution in [3.8, 4) is 11.5 Å². The molecule has 3 saturated carbocycles. The lowest BCUT2D eigenvalue weighted by Gasteiger charge is -2.28. The molecular weight excluding hydrogens is 843 g/mol. The van der Waals surface area contributed by atoms with Crippen LogP contribution in [0.1, 0.15) is 247 Å². The highest BCUT2D eigenvalue weighted by molar-refractivity contribution is 7.46. The van der Waals surface area contributed by atoms with Crippen molar-refractivity contribution in [2.24, 2.45) is 47.3 Å². The highest BCUT2D eigenvalue weighted by atomic mass is 31.2. The highest BCUT2D eigenvalue weighted by Gasteiger charge is 2.32. The van der Waals surface area contributed by atoms with Crippen LogP contribution in [0.5, 0.6) is 11.5 Å². The summed E-state index contributed by atoms with van der Waals surface area (Å²) in [6, 6.07) is 10.9. The van der Waals surface area contributed by atoms with E-state index in [0.29, 0.717) is 41.1 Å². The Kier molecular flexibility index (Phi) is 36.5. The van der Waals surface area contributed by atoms with Crippen molar-refractivity contribution in [3.05, 3.63) is 58.7 Å². The number of carbonyl (C=O) groups excluding carboxylic acids is 1. The molecule has 4 aliphatic carbocycles. The van der Waals surface area contributed by atoms with Gasteiger partial charge in [-0.3, -0.25) is 9.32 Å². The Morgan fingerprint density at radius 2 is 1.09 bits per heavy atom. The van der Waals surface area contributed by atoms with E-state index in [4.69, 9.17) is 13.6 Å². The van der Waals surface area contributed by atoms with Gasteiger partial charge in [-0.25, -0.2) is 0 Å². The summed E-state index contributed by atoms with van der Waals surface area (Å²) in [7, 11) is -3.78. The fraction of sp³-hybridized carbons (Fsp3) is 0.772. The van der Waals surface area contributed by atoms with Gasteiger partial charge in [-0.05, 0) is 109 Å². The summed E-state index contributed by atoms with van der Waals surface area (Å²) in [4.78, 5) is 34.3. The van der Waals surface area contributed by atoms with Crippen LogP contribution >= 0.6 is 17.0 Å². The monoisotopic (exact) mass is 947 g/mol. The molecule has 0 heterocycles. The van der Waals surface area contributed by atoms with Gasteiger partial charge >= 0.3 is 8.60 Å². The van der Waals surface area contributed by atoms with Crippen LogP contribution in [0.25, 0.3) is 0 Å². The van der Waals surface area contributed by atoms with Gasteiger partial charge < -0.3 is 18.8 Å². The smallest absolute Gasteiger partial charge is 0.394 e. The van der Waals surface area contributed by atoms with E-state index in [0.717, 1.165) is 78.2 Å². The van der Waals surface area contributed by atoms with Crippen LogP contribution in [0.4, 0.5) is 0 Å². The molecule has 2 N–H and O–H groups in total. The van der Waals surface area contributed by atoms with Crippen LogP contribution < -0.4 is 9.05 Å². The first-order valence-electron chi connectivity index (χ1n) is 26.6. The zero-order chi connectivity index (χ0) is 49.5. The van der Waals surface area contributed by atoms with Gasteiger partial charge in [0.25, 0.3) is 0 Å². The normalized spacial score (nSPS) is 21.0. The van der Waals surface area contributed by atoms with Crippen LogP contribution in [0, 0.1) is 47.3 Å². The van der Waals surface area contributed by atoms with Gasteiger partial charge in [0, 0.05) is 6.16 Å². The second-order valence-electron chi connectivity index (χ2n) is 20.7. The van der Waals surface area contributed by atoms with E-state index in [1.54, 1.807) is 12.1 Å². The zero-order valence-electron chi connectivity index (χ0n) is 45.3. The van der Waals surface area contributed by atoms with Gasteiger partial charge in [0.1, 0.15) is 11.5 Å². The van der Waals surface area contributed by atoms with E-state index in [9.17, 15) is 14.6 Å². The highest BCUT2D eigenvalue weighted by Crippen LogP contribution is 2.46. The first kappa shape index (κ1) is 63.5. The predicted octanol–water partition coefficient (Wildman–Crippen LogP) is 19.0. The lowest BCUT2D eigenvalue weighted by atomic mass is 9.78. The van der Waals surface area contributed by atoms with Gasteiger partial charge in [-0.2, -0.15) is 0 Å². The molecule has 4 unspecified atom stereocenters. The second-order valence-corrected chi connectivity index (χ2v) is 22.9. The van der Waals surface area contributed by atoms with Crippen LogP contribution in [0.3, 0.4) is 0 Å². The maximum absolute atomic E-state index is 13.6. The molecule has 0 amide bonds. The van der Waals surface area contributed by atoms with Gasteiger partial charge in [-0.15, -0.1) is 0 Å². The van der Waals surface area contributed by atoms with Gasteiger partial charge in [0.05, 0.1) is 17.2 Å². The van der Waals surface area contributed by atoms with Gasteiger partial charge in [-0.1, -0.05) is 213 Å². The Morgan fingerprint density at radius 1 is 0.631 bits per heavy atom. The summed E-state index contributed by atoms with van der Waals surface area (Å²) in [5.74, 6) is 7.75. The lowest BCUT2D eigenvalue weighted by Crippen LogP contribution is -2.21. The molecule has 0 bridgehead atoms. The molecule has 0 radical (unpaired) electrons. The maximum Gasteiger partial charge on any atom is 0.394 e. The summed E-state index contributed by atoms with van der Waals surface area (Å²) in [5, 5.41) is 0. The van der Waals surface area contributed by atoms with E-state index < -0.39 is 17.0 Å². The number of benzene rings is 2. The summed E-state index contributed by atoms with van der Waals surface area (Å²) in [6.45, 7) is 37.4. The standard InChI is InChI=1S/C24H30O6P2.C10H20.C9H18.C5H12.C4H10.C3H8.C2H6/c1-3-13-31(26)29-20-11-5-8-17-15-18-9-6-12-21(23(18)24(25)22(17)20)30-32(27)28-19-10-4-7-16(2)14-19;1-8(2)10-6-4-9(3)5-7-10;1-8(2)9-6-4-3-5-7-9;1-4-5(2)3;1-4(2)3;1-3-2;1-2/h5-6,8-9,11-12,16,19,26-27H,3-4,7,10,13-15H2,1-2H3;8-10H,4-7H2,1-3H3;8-9H,3-7H2,1-2H3;5H,4H2,1-3H3;4H,1-3H3;3H2,1-2H3;1-2H3. The Hall–Kier alpha value is -1.55. The summed E-state index contributed by atoms with van der Waals surface area (Å²) in [5.41, 5.74) is 2.58. The number of hydrogen-bond donors (Lipinski definition) is 2. The Bertz CT molecular complexity index is 1460. The number of ketones is 1. The molecule has 0 spiro atoms. The molecule has 0 aromatic heterocycles. The van der Waals surface area contributed by atoms with Crippen molar-refractivity contribution >= 4 is 22.8 Å². The summed E-state index contributed by atoms with van der Waals surface area (Å²) >= 11 is 0. The van der Waals surface area contributed by atoms with Crippen LogP contribution in [0.15, 0.2) is 36.4 Å². The van der Waals surface area contributed by atoms with Crippen molar-refractivity contribution in [2.75, 3.05) is 6.16 Å². The Balaban J connectivity index is 0.00000100. The average molecular weight is 947 g/mol. The van der Waals surface area contributed by atoms with Crippen molar-refractivity contribution in [2.45, 2.75) is 233 Å². The minimum Gasteiger partial charge on any atom is -0.447 e. The van der Waals surface area contributed by atoms with E-state index in [-0.39, 0.29) is 11.9 Å². The molecule has 378 valence electrons. The Morgan fingerprint density at radius 3 is 1.51 bits per heavy atom. The zero-order valence-corrected chi connectivity index (χ0v) is 47.1. The van der Waals surface area contributed by atoms with Crippen molar-refractivity contribution in [1.29, 1.82) is 0 Å². The minimum absolute atomic E-state index is 0.0202. The molecule has 65 heavy (non-hydrogen) atoms. The molecule has 4 atom stereocenters. The topological polar surface area (TPSA) is 85.2 Å². The number of rotatable bonds is 11. The fourth-order valence-corrected chi connectivity index (χ4v) is 9.92. The largest absolute Gasteiger partial charge is 0.447 e. The van der Waals surface area contributed by atoms with Gasteiger partial charge in [0.2, 0.25) is 14.2 Å². The maximum atomic E-state index is 13.6. The van der Waals surface area contributed by atoms with E-state index in [2.05, 4.69) is 96.9 Å². The van der Waals surface area contributed by atoms with E-state index >= 15 is 0 Å². The third-order valence-electron chi connectivity index (χ3n) is 12.4. The molecule has 2 aromatic carbocycles. The van der Waals surface area contributed by atoms with E-state index in [1.165, 1.54) is 77.0 Å². The number of fused-ring (bicyclic) bond motifs is 2. The average Bonchev–Trinajstić information content (AvgIpc) is 3.26. The van der Waals surface area contributed by atoms with E-state index in [1.807, 2.05) is 45.0 Å². The number of carbonyl (C=O) groups is 1. The van der Waals surface area contributed by atoms with Crippen molar-refractivity contribution < 1.29 is 28.2 Å². The first-order valence-corrected chi connectivity index (χ1v) is 29.2. The quantitative estimate of drug-likeness (QED) is 0.186. The molecule has 2 aromatic rings. The third kappa shape index (κ3) is 27.3. The first-order chi connectivity index (χ1) is 30.9. The molecule has 0 aliphatic heterocycles. The predicted molar refractivity (Wildman–Crippen MR) is 287 cm³/mol. The van der Waals surface area contributed by atoms with Crippen LogP contribution in [-0.2, 0) is 10.9 Å². The van der Waals surface area contributed by atoms with Crippen molar-refractivity contribution in [3.63, 3.8) is 0 Å². The second kappa shape index (κ2) is 37.4. The summed E-state index contributed by atoms with van der Waals surface area (Å²) in [6.07, 6.45) is 21.9. The van der Waals surface area contributed by atoms with Gasteiger partial charge in [0.15, 0.2) is 0 Å². The molecule has 6 nitrogen and oxygen atoms in total. The summed E-state index contributed by atoms with van der Waals surface area (Å²) < 4.78 is 17.3. The van der Waals surface area contributed by atoms with Crippen molar-refractivity contribution in [1.82, 2.24) is 0 Å². The van der Waals surface area contributed by atoms with Crippen LogP contribution in [-0.4, -0.2) is 27.8 Å². The molecular formula is C57H104O6P2. The SMILES string of the molecule is CC.CC(C)C.CC(C)C1CCCCC1.CC1CCC(C(C)C)CC1.CCC.CCC(C)C.CCCP(O)Oc1cccc2c1C(=O)c1c(cccc1OP(O)OC1CCCC(C)C1)C2. The van der Waals surface area contributed by atoms with Crippen LogP contribution in [0.2, 0.25) is 0 Å². The third-order valence-corrected chi connectivity index (χ3v) is 14.5. The Labute approximate surface area is 405 Å². The molecule has 3 fully saturated rings. The number of hydrogen-bond acceptors (Lipinski definition) is 6. The molecule has 0 saturated heterocycles. The molecule has 4 aliphatic rings. The fourth-order valence-electron chi connectivity index (χ4n) is 8.26. The molecule has 6 rings (SSSR count). The minimum atomic E-state index is -2.15.